The van der Waals surface area contributed by atoms with Crippen molar-refractivity contribution in [1.82, 2.24) is 10.6 Å². The number of carbonyl (C=O) groups is 2. The number of nitrogens with two attached hydrogens (primary N) is 1. The third-order valence-corrected chi connectivity index (χ3v) is 2.27. The smallest absolute Gasteiger partial charge is 0.309 e. The van der Waals surface area contributed by atoms with Crippen LogP contribution in [-0.4, -0.2) is 31.4 Å². The van der Waals surface area contributed by atoms with Gasteiger partial charge in [-0.1, -0.05) is 18.2 Å². The zero-order chi connectivity index (χ0) is 13.4. The van der Waals surface area contributed by atoms with Crippen molar-refractivity contribution in [3.8, 4) is 0 Å². The number of carbonyl (C=O) groups excluding carboxylic acids is 2. The van der Waals surface area contributed by atoms with Crippen LogP contribution in [0.5, 0.6) is 0 Å². The third-order valence-electron chi connectivity index (χ3n) is 2.27. The molecule has 0 saturated heterocycles. The quantitative estimate of drug-likeness (QED) is 0.622. The highest BCUT2D eigenvalue weighted by Crippen LogP contribution is 2.05. The third kappa shape index (κ3) is 4.50. The van der Waals surface area contributed by atoms with Crippen molar-refractivity contribution in [2.24, 2.45) is 5.73 Å². The van der Waals surface area contributed by atoms with Gasteiger partial charge in [-0.05, 0) is 18.1 Å². The van der Waals surface area contributed by atoms with Gasteiger partial charge in [0.1, 0.15) is 5.82 Å². The first-order chi connectivity index (χ1) is 8.65. The summed E-state index contributed by atoms with van der Waals surface area (Å²) in [5.74, 6) is -1.78. The summed E-state index contributed by atoms with van der Waals surface area (Å²) in [6, 6.07) is 6.30. The predicted molar refractivity (Wildman–Crippen MR) is 65.2 cm³/mol. The molecule has 0 aliphatic carbocycles. The summed E-state index contributed by atoms with van der Waals surface area (Å²) in [4.78, 5) is 22.4. The van der Waals surface area contributed by atoms with Gasteiger partial charge in [0, 0.05) is 19.6 Å². The molecule has 4 N–H and O–H groups in total. The Morgan fingerprint density at radius 2 is 1.72 bits per heavy atom. The Bertz CT molecular complexity index is 424. The zero-order valence-electron chi connectivity index (χ0n) is 9.91. The van der Waals surface area contributed by atoms with E-state index in [1.807, 2.05) is 0 Å². The monoisotopic (exact) mass is 253 g/mol. The molecule has 0 spiro atoms. The number of benzene rings is 1. The highest BCUT2D eigenvalue weighted by Gasteiger charge is 2.11. The van der Waals surface area contributed by atoms with E-state index in [4.69, 9.17) is 5.73 Å². The fraction of sp³-hybridized carbons (Fsp3) is 0.333. The molecule has 0 radical (unpaired) electrons. The van der Waals surface area contributed by atoms with Crippen LogP contribution in [0.1, 0.15) is 5.56 Å². The summed E-state index contributed by atoms with van der Waals surface area (Å²) in [7, 11) is 0. The number of nitrogens with one attached hydrogen (secondary N) is 2. The first kappa shape index (κ1) is 14.1. The van der Waals surface area contributed by atoms with Crippen LogP contribution in [0.3, 0.4) is 0 Å². The summed E-state index contributed by atoms with van der Waals surface area (Å²) in [5.41, 5.74) is 5.68. The van der Waals surface area contributed by atoms with E-state index in [1.165, 1.54) is 6.07 Å². The first-order valence-corrected chi connectivity index (χ1v) is 5.64. The second-order valence-electron chi connectivity index (χ2n) is 3.64. The van der Waals surface area contributed by atoms with Crippen LogP contribution in [0.4, 0.5) is 4.39 Å². The molecule has 1 rings (SSSR count). The minimum absolute atomic E-state index is 0.204. The lowest BCUT2D eigenvalue weighted by atomic mass is 10.1. The molecule has 0 aliphatic rings. The average molecular weight is 253 g/mol. The predicted octanol–water partition coefficient (Wildman–Crippen LogP) is -0.441. The lowest BCUT2D eigenvalue weighted by Crippen LogP contribution is -2.42. The number of rotatable bonds is 5. The van der Waals surface area contributed by atoms with Gasteiger partial charge in [-0.15, -0.1) is 0 Å². The standard InChI is InChI=1S/C12H16FN3O2/c13-10-4-2-1-3-9(10)5-7-15-11(17)12(18)16-8-6-14/h1-4H,5-8,14H2,(H,15,17)(H,16,18). The van der Waals surface area contributed by atoms with Gasteiger partial charge in [0.15, 0.2) is 0 Å². The van der Waals surface area contributed by atoms with E-state index in [9.17, 15) is 14.0 Å². The Morgan fingerprint density at radius 1 is 1.11 bits per heavy atom. The highest BCUT2D eigenvalue weighted by molar-refractivity contribution is 6.35. The number of hydrogen-bond acceptors (Lipinski definition) is 3. The molecule has 5 nitrogen and oxygen atoms in total. The molecular weight excluding hydrogens is 237 g/mol. The maximum Gasteiger partial charge on any atom is 0.309 e. The molecule has 2 amide bonds. The minimum atomic E-state index is -0.736. The van der Waals surface area contributed by atoms with E-state index >= 15 is 0 Å². The van der Waals surface area contributed by atoms with Gasteiger partial charge in [-0.3, -0.25) is 9.59 Å². The molecule has 0 atom stereocenters. The van der Waals surface area contributed by atoms with Gasteiger partial charge in [-0.2, -0.15) is 0 Å². The summed E-state index contributed by atoms with van der Waals surface area (Å²) in [6.07, 6.45) is 0.336. The topological polar surface area (TPSA) is 84.2 Å². The molecule has 0 bridgehead atoms. The number of hydrogen-bond donors (Lipinski definition) is 3. The van der Waals surface area contributed by atoms with Gasteiger partial charge in [0.2, 0.25) is 0 Å². The summed E-state index contributed by atoms with van der Waals surface area (Å²) in [6.45, 7) is 0.726. The van der Waals surface area contributed by atoms with Crippen LogP contribution >= 0.6 is 0 Å². The molecule has 1 aromatic rings. The van der Waals surface area contributed by atoms with Gasteiger partial charge < -0.3 is 16.4 Å². The molecular formula is C12H16FN3O2. The molecule has 0 aliphatic heterocycles. The lowest BCUT2D eigenvalue weighted by molar-refractivity contribution is -0.139. The Morgan fingerprint density at radius 3 is 2.33 bits per heavy atom. The normalized spacial score (nSPS) is 9.89. The van der Waals surface area contributed by atoms with Crippen molar-refractivity contribution >= 4 is 11.8 Å². The van der Waals surface area contributed by atoms with E-state index in [-0.39, 0.29) is 25.5 Å². The Balaban J connectivity index is 2.31. The SMILES string of the molecule is NCCNC(=O)C(=O)NCCc1ccccc1F. The second kappa shape index (κ2) is 7.39. The number of amides is 2. The van der Waals surface area contributed by atoms with E-state index in [1.54, 1.807) is 18.2 Å². The van der Waals surface area contributed by atoms with Gasteiger partial charge in [0.25, 0.3) is 0 Å². The summed E-state index contributed by atoms with van der Waals surface area (Å²) in [5, 5.41) is 4.75. The van der Waals surface area contributed by atoms with Gasteiger partial charge in [-0.25, -0.2) is 4.39 Å². The number of halogens is 1. The fourth-order valence-corrected chi connectivity index (χ4v) is 1.36. The maximum absolute atomic E-state index is 13.2. The average Bonchev–Trinajstić information content (AvgIpc) is 2.38. The largest absolute Gasteiger partial charge is 0.348 e. The van der Waals surface area contributed by atoms with E-state index < -0.39 is 11.8 Å². The van der Waals surface area contributed by atoms with Crippen molar-refractivity contribution in [3.63, 3.8) is 0 Å². The molecule has 1 aromatic carbocycles. The highest BCUT2D eigenvalue weighted by atomic mass is 19.1. The van der Waals surface area contributed by atoms with Crippen molar-refractivity contribution in [2.75, 3.05) is 19.6 Å². The lowest BCUT2D eigenvalue weighted by Gasteiger charge is -2.06. The van der Waals surface area contributed by atoms with Crippen molar-refractivity contribution in [3.05, 3.63) is 35.6 Å². The van der Waals surface area contributed by atoms with Crippen LogP contribution in [0.15, 0.2) is 24.3 Å². The first-order valence-electron chi connectivity index (χ1n) is 5.64. The van der Waals surface area contributed by atoms with Gasteiger partial charge >= 0.3 is 11.8 Å². The molecule has 0 heterocycles. The minimum Gasteiger partial charge on any atom is -0.348 e. The Hall–Kier alpha value is -1.95. The van der Waals surface area contributed by atoms with Crippen LogP contribution in [0, 0.1) is 5.82 Å². The second-order valence-corrected chi connectivity index (χ2v) is 3.64. The summed E-state index contributed by atoms with van der Waals surface area (Å²) < 4.78 is 13.2. The maximum atomic E-state index is 13.2. The van der Waals surface area contributed by atoms with E-state index in [0.717, 1.165) is 0 Å². The molecule has 0 unspecified atom stereocenters. The van der Waals surface area contributed by atoms with E-state index in [2.05, 4.69) is 10.6 Å². The molecule has 0 aromatic heterocycles. The fourth-order valence-electron chi connectivity index (χ4n) is 1.36. The van der Waals surface area contributed by atoms with Crippen molar-refractivity contribution < 1.29 is 14.0 Å². The molecule has 0 fully saturated rings. The molecule has 98 valence electrons. The van der Waals surface area contributed by atoms with Crippen molar-refractivity contribution in [1.29, 1.82) is 0 Å². The van der Waals surface area contributed by atoms with Crippen molar-refractivity contribution in [2.45, 2.75) is 6.42 Å². The molecule has 6 heteroatoms. The molecule has 18 heavy (non-hydrogen) atoms. The Labute approximate surface area is 105 Å². The van der Waals surface area contributed by atoms with Gasteiger partial charge in [0.05, 0.1) is 0 Å². The van der Waals surface area contributed by atoms with Crippen LogP contribution in [0.25, 0.3) is 0 Å². The van der Waals surface area contributed by atoms with Crippen LogP contribution in [-0.2, 0) is 16.0 Å². The van der Waals surface area contributed by atoms with E-state index in [0.29, 0.717) is 12.0 Å². The van der Waals surface area contributed by atoms with Crippen LogP contribution < -0.4 is 16.4 Å². The van der Waals surface area contributed by atoms with Crippen LogP contribution in [0.2, 0.25) is 0 Å². The summed E-state index contributed by atoms with van der Waals surface area (Å²) >= 11 is 0. The Kier molecular flexibility index (Phi) is 5.79. The molecule has 0 saturated carbocycles. The zero-order valence-corrected chi connectivity index (χ0v) is 9.91.